The number of carbonyl (C=O) groups excluding carboxylic acids is 2. The van der Waals surface area contributed by atoms with Crippen LogP contribution in [0.1, 0.15) is 79.1 Å². The molecule has 0 aromatic carbocycles. The molecule has 0 saturated heterocycles. The third kappa shape index (κ3) is 3.41. The summed E-state index contributed by atoms with van der Waals surface area (Å²) in [4.78, 5) is 25.6. The van der Waals surface area contributed by atoms with Gasteiger partial charge >= 0.3 is 5.97 Å². The Hall–Kier alpha value is -1.20. The number of aliphatic hydroxyl groups is 2. The fourth-order valence-electron chi connectivity index (χ4n) is 8.77. The highest BCUT2D eigenvalue weighted by molar-refractivity contribution is 5.99. The van der Waals surface area contributed by atoms with Gasteiger partial charge in [0.15, 0.2) is 5.78 Å². The predicted octanol–water partition coefficient (Wildman–Crippen LogP) is 4.30. The van der Waals surface area contributed by atoms with Crippen molar-refractivity contribution in [1.29, 1.82) is 0 Å². The number of carbonyl (C=O) groups is 2. The number of fused-ring (bicyclic) bond motifs is 5. The lowest BCUT2D eigenvalue weighted by Gasteiger charge is -2.62. The molecule has 0 unspecified atom stereocenters. The Bertz CT molecular complexity index is 789. The standard InChI is InChI=1S/C27H42O5/c1-6-17-20-13-16(28)11-12-26(20,3)21-14-22(29)27(4)18(15(2)7-10-23(30)32-5)8-9-19(27)24(21)25(17)31/h6,15-16,18-22,24,28-29H,7-14H2,1-5H3/b17-6-/t15-,16-,18-,19+,20+,21+,22+,24+,26+,27-/m1/s1. The summed E-state index contributed by atoms with van der Waals surface area (Å²) in [5.41, 5.74) is 0.576. The van der Waals surface area contributed by atoms with Gasteiger partial charge in [0, 0.05) is 17.8 Å². The van der Waals surface area contributed by atoms with E-state index in [-0.39, 0.29) is 52.4 Å². The molecule has 0 aromatic heterocycles. The Morgan fingerprint density at radius 2 is 1.91 bits per heavy atom. The number of ether oxygens (including phenoxy) is 1. The van der Waals surface area contributed by atoms with Gasteiger partial charge in [0.2, 0.25) is 0 Å². The van der Waals surface area contributed by atoms with Crippen molar-refractivity contribution in [2.45, 2.75) is 91.3 Å². The van der Waals surface area contributed by atoms with Crippen molar-refractivity contribution in [3.05, 3.63) is 11.6 Å². The minimum atomic E-state index is -0.439. The van der Waals surface area contributed by atoms with Crippen LogP contribution in [0.3, 0.4) is 0 Å². The van der Waals surface area contributed by atoms with Crippen molar-refractivity contribution in [2.75, 3.05) is 7.11 Å². The molecular formula is C27H42O5. The number of allylic oxidation sites excluding steroid dienone is 2. The van der Waals surface area contributed by atoms with Crippen LogP contribution in [-0.2, 0) is 14.3 Å². The molecule has 4 fully saturated rings. The fourth-order valence-corrected chi connectivity index (χ4v) is 8.77. The van der Waals surface area contributed by atoms with Gasteiger partial charge in [0.05, 0.1) is 19.3 Å². The number of hydrogen-bond donors (Lipinski definition) is 2. The van der Waals surface area contributed by atoms with Crippen molar-refractivity contribution in [3.63, 3.8) is 0 Å². The largest absolute Gasteiger partial charge is 0.469 e. The molecule has 10 atom stereocenters. The SMILES string of the molecule is C/C=C1\C(=O)[C@@H]2[C@H](C[C@H](O)[C@]3(C)[C@@H]([C@H](C)CCC(=O)OC)CC[C@@H]23)[C@@]2(C)CC[C@@H](O)C[C@@H]12. The van der Waals surface area contributed by atoms with Crippen LogP contribution in [0.2, 0.25) is 0 Å². The molecule has 4 rings (SSSR count). The second-order valence-electron chi connectivity index (χ2n) is 11.7. The molecule has 4 aliphatic carbocycles. The smallest absolute Gasteiger partial charge is 0.305 e. The number of Topliss-reactive ketones (excluding diaryl/α,β-unsaturated/α-hetero) is 1. The molecule has 0 bridgehead atoms. The summed E-state index contributed by atoms with van der Waals surface area (Å²) < 4.78 is 4.84. The van der Waals surface area contributed by atoms with Crippen molar-refractivity contribution < 1.29 is 24.5 Å². The molecule has 0 aliphatic heterocycles. The number of methoxy groups -OCH3 is 1. The lowest BCUT2D eigenvalue weighted by atomic mass is 9.42. The topological polar surface area (TPSA) is 83.8 Å². The third-order valence-corrected chi connectivity index (χ3v) is 10.6. The van der Waals surface area contributed by atoms with Crippen molar-refractivity contribution in [3.8, 4) is 0 Å². The molecule has 4 aliphatic rings. The highest BCUT2D eigenvalue weighted by Crippen LogP contribution is 2.68. The second-order valence-corrected chi connectivity index (χ2v) is 11.7. The summed E-state index contributed by atoms with van der Waals surface area (Å²) in [7, 11) is 1.43. The minimum absolute atomic E-state index is 0.0381. The van der Waals surface area contributed by atoms with E-state index in [4.69, 9.17) is 4.74 Å². The van der Waals surface area contributed by atoms with Crippen LogP contribution in [0.4, 0.5) is 0 Å². The second kappa shape index (κ2) is 8.54. The van der Waals surface area contributed by atoms with Gasteiger partial charge in [-0.15, -0.1) is 0 Å². The van der Waals surface area contributed by atoms with Gasteiger partial charge in [0.1, 0.15) is 0 Å². The normalized spacial score (nSPS) is 48.0. The quantitative estimate of drug-likeness (QED) is 0.497. The van der Waals surface area contributed by atoms with Crippen molar-refractivity contribution in [1.82, 2.24) is 0 Å². The predicted molar refractivity (Wildman–Crippen MR) is 123 cm³/mol. The molecule has 4 saturated carbocycles. The molecule has 32 heavy (non-hydrogen) atoms. The van der Waals surface area contributed by atoms with Gasteiger partial charge in [-0.3, -0.25) is 9.59 Å². The molecule has 0 radical (unpaired) electrons. The van der Waals surface area contributed by atoms with Crippen molar-refractivity contribution in [2.24, 2.45) is 46.3 Å². The van der Waals surface area contributed by atoms with E-state index >= 15 is 0 Å². The van der Waals surface area contributed by atoms with Crippen LogP contribution in [0.15, 0.2) is 11.6 Å². The number of hydrogen-bond acceptors (Lipinski definition) is 5. The van der Waals surface area contributed by atoms with E-state index in [0.717, 1.165) is 37.7 Å². The maximum atomic E-state index is 13.9. The Labute approximate surface area is 193 Å². The first kappa shape index (κ1) is 23.9. The van der Waals surface area contributed by atoms with Crippen LogP contribution < -0.4 is 0 Å². The molecule has 0 amide bonds. The average molecular weight is 447 g/mol. The summed E-state index contributed by atoms with van der Waals surface area (Å²) in [5.74, 6) is 1.10. The Morgan fingerprint density at radius 3 is 2.56 bits per heavy atom. The maximum absolute atomic E-state index is 13.9. The summed E-state index contributed by atoms with van der Waals surface area (Å²) in [5, 5.41) is 22.0. The van der Waals surface area contributed by atoms with Crippen molar-refractivity contribution >= 4 is 11.8 Å². The summed E-state index contributed by atoms with van der Waals surface area (Å²) in [6, 6.07) is 0. The van der Waals surface area contributed by atoms with Gasteiger partial charge in [-0.1, -0.05) is 26.8 Å². The maximum Gasteiger partial charge on any atom is 0.305 e. The number of esters is 1. The van der Waals surface area contributed by atoms with E-state index < -0.39 is 6.10 Å². The van der Waals surface area contributed by atoms with Gasteiger partial charge < -0.3 is 14.9 Å². The molecule has 2 N–H and O–H groups in total. The zero-order chi connectivity index (χ0) is 23.4. The van der Waals surface area contributed by atoms with E-state index in [1.165, 1.54) is 7.11 Å². The molecular weight excluding hydrogens is 404 g/mol. The molecule has 0 aromatic rings. The van der Waals surface area contributed by atoms with Gasteiger partial charge in [-0.05, 0) is 92.4 Å². The average Bonchev–Trinajstić information content (AvgIpc) is 3.12. The number of ketones is 1. The minimum Gasteiger partial charge on any atom is -0.469 e. The van der Waals surface area contributed by atoms with Crippen LogP contribution >= 0.6 is 0 Å². The number of aliphatic hydroxyl groups excluding tert-OH is 2. The van der Waals surface area contributed by atoms with Gasteiger partial charge in [0.25, 0.3) is 0 Å². The van der Waals surface area contributed by atoms with E-state index in [9.17, 15) is 19.8 Å². The van der Waals surface area contributed by atoms with Gasteiger partial charge in [-0.25, -0.2) is 0 Å². The molecule has 180 valence electrons. The first-order valence-corrected chi connectivity index (χ1v) is 12.7. The van der Waals surface area contributed by atoms with E-state index in [1.807, 2.05) is 13.0 Å². The lowest BCUT2D eigenvalue weighted by Crippen LogP contribution is -2.62. The molecule has 5 heteroatoms. The molecule has 0 heterocycles. The number of rotatable bonds is 4. The summed E-state index contributed by atoms with van der Waals surface area (Å²) in [6.07, 6.45) is 7.39. The van der Waals surface area contributed by atoms with E-state index in [0.29, 0.717) is 31.1 Å². The monoisotopic (exact) mass is 446 g/mol. The summed E-state index contributed by atoms with van der Waals surface area (Å²) in [6.45, 7) is 8.70. The molecule has 0 spiro atoms. The van der Waals surface area contributed by atoms with Crippen LogP contribution in [0, 0.1) is 46.3 Å². The van der Waals surface area contributed by atoms with Crippen LogP contribution in [0.25, 0.3) is 0 Å². The third-order valence-electron chi connectivity index (χ3n) is 10.6. The Kier molecular flexibility index (Phi) is 6.39. The lowest BCUT2D eigenvalue weighted by molar-refractivity contribution is -0.172. The Balaban J connectivity index is 1.66. The first-order chi connectivity index (χ1) is 15.1. The Morgan fingerprint density at radius 1 is 1.19 bits per heavy atom. The van der Waals surface area contributed by atoms with E-state index in [1.54, 1.807) is 0 Å². The van der Waals surface area contributed by atoms with E-state index in [2.05, 4.69) is 20.8 Å². The van der Waals surface area contributed by atoms with Crippen LogP contribution in [-0.4, -0.2) is 41.3 Å². The highest BCUT2D eigenvalue weighted by atomic mass is 16.5. The van der Waals surface area contributed by atoms with Gasteiger partial charge in [-0.2, -0.15) is 0 Å². The molecule has 5 nitrogen and oxygen atoms in total. The zero-order valence-corrected chi connectivity index (χ0v) is 20.5. The zero-order valence-electron chi connectivity index (χ0n) is 20.5. The first-order valence-electron chi connectivity index (χ1n) is 12.7. The summed E-state index contributed by atoms with van der Waals surface area (Å²) >= 11 is 0. The fraction of sp³-hybridized carbons (Fsp3) is 0.852. The van der Waals surface area contributed by atoms with Crippen LogP contribution in [0.5, 0.6) is 0 Å². The highest BCUT2D eigenvalue weighted by Gasteiger charge is 2.66.